The van der Waals surface area contributed by atoms with E-state index in [1.54, 1.807) is 12.3 Å². The molecule has 0 heterocycles. The Balaban J connectivity index is 3.70. The Morgan fingerprint density at radius 3 is 2.73 bits per heavy atom. The first-order valence-corrected chi connectivity index (χ1v) is 3.59. The van der Waals surface area contributed by atoms with Gasteiger partial charge in [0.15, 0.2) is 0 Å². The minimum Gasteiger partial charge on any atom is -0.348 e. The van der Waals surface area contributed by atoms with E-state index in [1.807, 2.05) is 0 Å². The van der Waals surface area contributed by atoms with E-state index in [0.717, 1.165) is 18.8 Å². The van der Waals surface area contributed by atoms with Gasteiger partial charge in [-0.3, -0.25) is 4.99 Å². The molecule has 11 heavy (non-hydrogen) atoms. The maximum absolute atomic E-state index is 5.29. The summed E-state index contributed by atoms with van der Waals surface area (Å²) in [6.07, 6.45) is 4.12. The molecule has 0 aliphatic rings. The number of hydrogen-bond acceptors (Lipinski definition) is 2. The minimum absolute atomic E-state index is 0.669. The summed E-state index contributed by atoms with van der Waals surface area (Å²) in [7, 11) is 0. The quantitative estimate of drug-likeness (QED) is 0.346. The van der Waals surface area contributed by atoms with Crippen LogP contribution >= 0.6 is 0 Å². The third-order valence-corrected chi connectivity index (χ3v) is 1.09. The lowest BCUT2D eigenvalue weighted by molar-refractivity contribution is 0.842. The number of hydrogen-bond donors (Lipinski definition) is 2. The number of rotatable bonds is 5. The fourth-order valence-corrected chi connectivity index (χ4v) is 0.564. The summed E-state index contributed by atoms with van der Waals surface area (Å²) in [5.41, 5.74) is 5.29. The van der Waals surface area contributed by atoms with Crippen LogP contribution in [0.5, 0.6) is 0 Å². The van der Waals surface area contributed by atoms with Crippen molar-refractivity contribution < 1.29 is 0 Å². The highest BCUT2D eigenvalue weighted by atomic mass is 15.0. The van der Waals surface area contributed by atoms with E-state index in [4.69, 9.17) is 5.73 Å². The summed E-state index contributed by atoms with van der Waals surface area (Å²) < 4.78 is 0. The molecule has 0 unspecified atom stereocenters. The van der Waals surface area contributed by atoms with Crippen LogP contribution in [0.2, 0.25) is 0 Å². The Labute approximate surface area is 67.7 Å². The molecule has 62 valence electrons. The third kappa shape index (κ3) is 5.36. The number of amidine groups is 1. The van der Waals surface area contributed by atoms with Crippen LogP contribution in [0.15, 0.2) is 30.4 Å². The van der Waals surface area contributed by atoms with Crippen LogP contribution in [0.1, 0.15) is 6.42 Å². The Hall–Kier alpha value is -1.09. The van der Waals surface area contributed by atoms with Crippen molar-refractivity contribution in [2.24, 2.45) is 10.7 Å². The van der Waals surface area contributed by atoms with Crippen molar-refractivity contribution in [3.05, 3.63) is 25.4 Å². The van der Waals surface area contributed by atoms with Gasteiger partial charge in [-0.15, -0.1) is 0 Å². The number of aliphatic imine (C=N–C) groups is 1. The van der Waals surface area contributed by atoms with Crippen LogP contribution in [0.25, 0.3) is 0 Å². The van der Waals surface area contributed by atoms with Gasteiger partial charge in [-0.25, -0.2) is 0 Å². The van der Waals surface area contributed by atoms with Crippen molar-refractivity contribution in [2.75, 3.05) is 13.1 Å². The Kier molecular flexibility index (Phi) is 6.33. The van der Waals surface area contributed by atoms with Crippen molar-refractivity contribution in [3.63, 3.8) is 0 Å². The zero-order valence-corrected chi connectivity index (χ0v) is 6.71. The van der Waals surface area contributed by atoms with Gasteiger partial charge in [0, 0.05) is 6.54 Å². The van der Waals surface area contributed by atoms with Crippen LogP contribution < -0.4 is 11.1 Å². The second kappa shape index (κ2) is 7.02. The molecule has 3 heteroatoms. The van der Waals surface area contributed by atoms with Gasteiger partial charge < -0.3 is 11.1 Å². The molecule has 0 fully saturated rings. The first kappa shape index (κ1) is 9.91. The smallest absolute Gasteiger partial charge is 0.124 e. The van der Waals surface area contributed by atoms with Gasteiger partial charge in [-0.2, -0.15) is 0 Å². The molecule has 0 amide bonds. The SMILES string of the molecule is C=CNC(C=C)=NCCCN. The maximum Gasteiger partial charge on any atom is 0.124 e. The number of nitrogens with two attached hydrogens (primary N) is 1. The second-order valence-electron chi connectivity index (χ2n) is 1.96. The Morgan fingerprint density at radius 1 is 1.55 bits per heavy atom. The molecule has 0 bridgehead atoms. The van der Waals surface area contributed by atoms with Gasteiger partial charge in [0.25, 0.3) is 0 Å². The highest BCUT2D eigenvalue weighted by molar-refractivity contribution is 5.92. The fourth-order valence-electron chi connectivity index (χ4n) is 0.564. The standard InChI is InChI=1S/C8H15N3/c1-3-8(10-4-2)11-7-5-6-9/h3-4H,1-2,5-7,9H2,(H,10,11). The predicted octanol–water partition coefficient (Wildman–Crippen LogP) is 0.653. The summed E-state index contributed by atoms with van der Waals surface area (Å²) in [4.78, 5) is 4.16. The fraction of sp³-hybridized carbons (Fsp3) is 0.375. The molecule has 0 saturated carbocycles. The van der Waals surface area contributed by atoms with Crippen molar-refractivity contribution in [1.82, 2.24) is 5.32 Å². The average molecular weight is 153 g/mol. The first-order chi connectivity index (χ1) is 5.35. The predicted molar refractivity (Wildman–Crippen MR) is 49.5 cm³/mol. The van der Waals surface area contributed by atoms with Gasteiger partial charge in [0.2, 0.25) is 0 Å². The largest absolute Gasteiger partial charge is 0.348 e. The molecule has 0 spiro atoms. The van der Waals surface area contributed by atoms with Crippen molar-refractivity contribution >= 4 is 5.84 Å². The monoisotopic (exact) mass is 153 g/mol. The molecule has 0 atom stereocenters. The van der Waals surface area contributed by atoms with Crippen LogP contribution in [-0.4, -0.2) is 18.9 Å². The van der Waals surface area contributed by atoms with E-state index < -0.39 is 0 Å². The molecule has 0 aromatic rings. The van der Waals surface area contributed by atoms with Gasteiger partial charge in [0.1, 0.15) is 5.84 Å². The molecular formula is C8H15N3. The van der Waals surface area contributed by atoms with Gasteiger partial charge in [0.05, 0.1) is 0 Å². The van der Waals surface area contributed by atoms with Crippen molar-refractivity contribution in [1.29, 1.82) is 0 Å². The summed E-state index contributed by atoms with van der Waals surface area (Å²) in [6.45, 7) is 8.50. The Morgan fingerprint density at radius 2 is 2.27 bits per heavy atom. The molecule has 0 aliphatic carbocycles. The molecule has 0 radical (unpaired) electrons. The van der Waals surface area contributed by atoms with Gasteiger partial charge in [-0.1, -0.05) is 13.2 Å². The lowest BCUT2D eigenvalue weighted by Crippen LogP contribution is -2.14. The van der Waals surface area contributed by atoms with Crippen LogP contribution in [-0.2, 0) is 0 Å². The molecule has 0 aromatic carbocycles. The zero-order valence-electron chi connectivity index (χ0n) is 6.71. The van der Waals surface area contributed by atoms with Gasteiger partial charge >= 0.3 is 0 Å². The van der Waals surface area contributed by atoms with E-state index in [9.17, 15) is 0 Å². The summed E-state index contributed by atoms with van der Waals surface area (Å²) >= 11 is 0. The number of nitrogens with one attached hydrogen (secondary N) is 1. The lowest BCUT2D eigenvalue weighted by atomic mass is 10.4. The van der Waals surface area contributed by atoms with Crippen LogP contribution in [0.3, 0.4) is 0 Å². The van der Waals surface area contributed by atoms with Gasteiger partial charge in [-0.05, 0) is 25.2 Å². The molecule has 3 N–H and O–H groups in total. The molecule has 0 aliphatic heterocycles. The van der Waals surface area contributed by atoms with E-state index in [0.29, 0.717) is 6.54 Å². The molecular weight excluding hydrogens is 138 g/mol. The van der Waals surface area contributed by atoms with Crippen LogP contribution in [0, 0.1) is 0 Å². The summed E-state index contributed by atoms with van der Waals surface area (Å²) in [6, 6.07) is 0. The zero-order chi connectivity index (χ0) is 8.53. The van der Waals surface area contributed by atoms with E-state index in [2.05, 4.69) is 23.5 Å². The minimum atomic E-state index is 0.669. The highest BCUT2D eigenvalue weighted by Gasteiger charge is 1.86. The van der Waals surface area contributed by atoms with Crippen LogP contribution in [0.4, 0.5) is 0 Å². The normalized spacial score (nSPS) is 10.8. The number of nitrogens with zero attached hydrogens (tertiary/aromatic N) is 1. The molecule has 0 rings (SSSR count). The van der Waals surface area contributed by atoms with E-state index in [-0.39, 0.29) is 0 Å². The highest BCUT2D eigenvalue weighted by Crippen LogP contribution is 1.80. The third-order valence-electron chi connectivity index (χ3n) is 1.09. The summed E-state index contributed by atoms with van der Waals surface area (Å²) in [5, 5.41) is 2.85. The molecule has 0 saturated heterocycles. The second-order valence-corrected chi connectivity index (χ2v) is 1.96. The van der Waals surface area contributed by atoms with E-state index in [1.165, 1.54) is 0 Å². The Bertz CT molecular complexity index is 149. The van der Waals surface area contributed by atoms with E-state index >= 15 is 0 Å². The molecule has 0 aromatic heterocycles. The average Bonchev–Trinajstić information content (AvgIpc) is 2.03. The topological polar surface area (TPSA) is 50.4 Å². The van der Waals surface area contributed by atoms with Crippen molar-refractivity contribution in [3.8, 4) is 0 Å². The lowest BCUT2D eigenvalue weighted by Gasteiger charge is -1.98. The first-order valence-electron chi connectivity index (χ1n) is 3.59. The maximum atomic E-state index is 5.29. The van der Waals surface area contributed by atoms with Crippen molar-refractivity contribution in [2.45, 2.75) is 6.42 Å². The summed E-state index contributed by atoms with van der Waals surface area (Å²) in [5.74, 6) is 0.744. The molecule has 3 nitrogen and oxygen atoms in total.